The molecule has 2 heterocycles. The number of esters is 1. The van der Waals surface area contributed by atoms with Gasteiger partial charge in [0.1, 0.15) is 29.1 Å². The Kier molecular flexibility index (Phi) is 6.87. The second kappa shape index (κ2) is 9.59. The summed E-state index contributed by atoms with van der Waals surface area (Å²) in [6.45, 7) is 3.62. The van der Waals surface area contributed by atoms with E-state index in [-0.39, 0.29) is 5.91 Å². The van der Waals surface area contributed by atoms with Crippen molar-refractivity contribution < 1.29 is 23.8 Å². The normalized spacial score (nSPS) is 11.7. The van der Waals surface area contributed by atoms with E-state index in [1.54, 1.807) is 39.6 Å². The van der Waals surface area contributed by atoms with Crippen molar-refractivity contribution in [1.82, 2.24) is 19.9 Å². The first-order valence-corrected chi connectivity index (χ1v) is 10.1. The number of ether oxygens (including phenoxy) is 3. The van der Waals surface area contributed by atoms with Gasteiger partial charge in [-0.1, -0.05) is 6.92 Å². The van der Waals surface area contributed by atoms with Gasteiger partial charge in [0.2, 0.25) is 0 Å². The van der Waals surface area contributed by atoms with Crippen LogP contribution in [-0.2, 0) is 18.2 Å². The molecule has 9 heteroatoms. The number of aromatic nitrogens is 3. The van der Waals surface area contributed by atoms with Crippen molar-refractivity contribution in [1.29, 1.82) is 0 Å². The number of benzene rings is 1. The van der Waals surface area contributed by atoms with E-state index in [1.165, 1.54) is 7.11 Å². The third-order valence-electron chi connectivity index (χ3n) is 5.40. The van der Waals surface area contributed by atoms with Crippen molar-refractivity contribution in [2.45, 2.75) is 26.3 Å². The number of carbonyl (C=O) groups excluding carboxylic acids is 2. The Balaban J connectivity index is 2.06. The van der Waals surface area contributed by atoms with Crippen molar-refractivity contribution >= 4 is 11.9 Å². The maximum absolute atomic E-state index is 13.4. The van der Waals surface area contributed by atoms with Crippen LogP contribution < -0.4 is 14.8 Å². The summed E-state index contributed by atoms with van der Waals surface area (Å²) in [5.41, 5.74) is 2.61. The molecule has 0 bridgehead atoms. The van der Waals surface area contributed by atoms with Gasteiger partial charge in [-0.3, -0.25) is 4.79 Å². The highest BCUT2D eigenvalue weighted by Crippen LogP contribution is 2.30. The fourth-order valence-electron chi connectivity index (χ4n) is 3.68. The molecule has 0 radical (unpaired) electrons. The van der Waals surface area contributed by atoms with Crippen LogP contribution in [0.4, 0.5) is 0 Å². The van der Waals surface area contributed by atoms with Crippen molar-refractivity contribution in [3.8, 4) is 11.5 Å². The summed E-state index contributed by atoms with van der Waals surface area (Å²) in [6.07, 6.45) is 4.01. The van der Waals surface area contributed by atoms with Gasteiger partial charge in [0.25, 0.3) is 5.91 Å². The number of amides is 1. The minimum absolute atomic E-state index is 0.302. The van der Waals surface area contributed by atoms with E-state index < -0.39 is 12.0 Å². The second-order valence-electron chi connectivity index (χ2n) is 7.27. The molecule has 0 saturated carbocycles. The summed E-state index contributed by atoms with van der Waals surface area (Å²) in [6, 6.07) is 4.80. The van der Waals surface area contributed by atoms with Crippen molar-refractivity contribution in [3.63, 3.8) is 0 Å². The fourth-order valence-corrected chi connectivity index (χ4v) is 3.68. The zero-order valence-electron chi connectivity index (χ0n) is 19.1. The molecule has 3 aromatic rings. The number of hydrogen-bond donors (Lipinski definition) is 2. The molecule has 0 aliphatic heterocycles. The van der Waals surface area contributed by atoms with Gasteiger partial charge in [-0.15, -0.1) is 0 Å². The number of aryl methyl sites for hydroxylation is 2. The maximum atomic E-state index is 13.4. The Morgan fingerprint density at radius 1 is 1.16 bits per heavy atom. The molecule has 0 aliphatic rings. The molecule has 32 heavy (non-hydrogen) atoms. The molecule has 0 saturated heterocycles. The Bertz CT molecular complexity index is 1110. The minimum atomic E-state index is -0.596. The molecule has 2 aromatic heterocycles. The third kappa shape index (κ3) is 4.32. The van der Waals surface area contributed by atoms with Gasteiger partial charge >= 0.3 is 5.97 Å². The monoisotopic (exact) mass is 440 g/mol. The highest BCUT2D eigenvalue weighted by atomic mass is 16.5. The van der Waals surface area contributed by atoms with E-state index in [2.05, 4.69) is 15.3 Å². The number of hydrogen-bond acceptors (Lipinski definition) is 6. The van der Waals surface area contributed by atoms with E-state index in [0.29, 0.717) is 46.3 Å². The first kappa shape index (κ1) is 22.9. The van der Waals surface area contributed by atoms with Gasteiger partial charge < -0.3 is 29.1 Å². The van der Waals surface area contributed by atoms with Crippen LogP contribution in [0.3, 0.4) is 0 Å². The first-order valence-electron chi connectivity index (χ1n) is 10.1. The van der Waals surface area contributed by atoms with Crippen LogP contribution in [0.25, 0.3) is 0 Å². The first-order chi connectivity index (χ1) is 15.3. The molecular formula is C23H28N4O5. The summed E-state index contributed by atoms with van der Waals surface area (Å²) in [4.78, 5) is 33.1. The zero-order valence-corrected chi connectivity index (χ0v) is 19.1. The Labute approximate surface area is 186 Å². The number of carbonyl (C=O) groups is 2. The lowest BCUT2D eigenvalue weighted by Crippen LogP contribution is -2.32. The van der Waals surface area contributed by atoms with E-state index >= 15 is 0 Å². The Morgan fingerprint density at radius 3 is 2.31 bits per heavy atom. The van der Waals surface area contributed by atoms with Crippen molar-refractivity contribution in [2.24, 2.45) is 7.05 Å². The predicted molar refractivity (Wildman–Crippen MR) is 118 cm³/mol. The maximum Gasteiger partial charge on any atom is 0.339 e. The topological polar surface area (TPSA) is 107 Å². The fraction of sp³-hybridized carbons (Fsp3) is 0.348. The number of rotatable bonds is 8. The lowest BCUT2D eigenvalue weighted by atomic mass is 10.0. The number of aromatic amines is 1. The lowest BCUT2D eigenvalue weighted by molar-refractivity contribution is 0.0599. The molecule has 1 amide bonds. The Morgan fingerprint density at radius 2 is 1.81 bits per heavy atom. The van der Waals surface area contributed by atoms with E-state index in [4.69, 9.17) is 14.2 Å². The second-order valence-corrected chi connectivity index (χ2v) is 7.27. The van der Waals surface area contributed by atoms with Crippen molar-refractivity contribution in [2.75, 3.05) is 21.3 Å². The summed E-state index contributed by atoms with van der Waals surface area (Å²) in [5, 5.41) is 3.04. The average molecular weight is 441 g/mol. The number of methoxy groups -OCH3 is 3. The van der Waals surface area contributed by atoms with Crippen LogP contribution in [-0.4, -0.2) is 47.7 Å². The molecule has 9 nitrogen and oxygen atoms in total. The highest BCUT2D eigenvalue weighted by molar-refractivity contribution is 6.00. The third-order valence-corrected chi connectivity index (χ3v) is 5.40. The molecular weight excluding hydrogens is 412 g/mol. The summed E-state index contributed by atoms with van der Waals surface area (Å²) < 4.78 is 17.5. The zero-order chi connectivity index (χ0) is 23.4. The van der Waals surface area contributed by atoms with Crippen molar-refractivity contribution in [3.05, 3.63) is 64.5 Å². The largest absolute Gasteiger partial charge is 0.497 e. The minimum Gasteiger partial charge on any atom is -0.497 e. The molecule has 2 N–H and O–H groups in total. The van der Waals surface area contributed by atoms with Gasteiger partial charge in [0.05, 0.1) is 26.9 Å². The van der Waals surface area contributed by atoms with Crippen LogP contribution in [0.5, 0.6) is 11.5 Å². The summed E-state index contributed by atoms with van der Waals surface area (Å²) in [5.74, 6) is 0.951. The number of imidazole rings is 1. The molecule has 170 valence electrons. The van der Waals surface area contributed by atoms with Crippen LogP contribution in [0.15, 0.2) is 30.6 Å². The standard InChI is InChI=1S/C23H28N4O5/c1-7-17-18(23(29)32-6)13(2)19(25-17)22(28)26-20(21-24-8-9-27(21)3)14-10-15(30-4)12-16(11-14)31-5/h8-12,20,25H,7H2,1-6H3,(H,26,28). The highest BCUT2D eigenvalue weighted by Gasteiger charge is 2.27. The van der Waals surface area contributed by atoms with Gasteiger partial charge in [0, 0.05) is 31.2 Å². The number of nitrogens with one attached hydrogen (secondary N) is 2. The van der Waals surface area contributed by atoms with E-state index in [0.717, 1.165) is 5.56 Å². The molecule has 1 atom stereocenters. The van der Waals surface area contributed by atoms with Crippen LogP contribution in [0.2, 0.25) is 0 Å². The van der Waals surface area contributed by atoms with Gasteiger partial charge in [-0.2, -0.15) is 0 Å². The molecule has 0 spiro atoms. The number of H-pyrrole nitrogens is 1. The molecule has 0 aliphatic carbocycles. The smallest absolute Gasteiger partial charge is 0.339 e. The van der Waals surface area contributed by atoms with E-state index in [9.17, 15) is 9.59 Å². The Hall–Kier alpha value is -3.75. The van der Waals surface area contributed by atoms with Gasteiger partial charge in [-0.05, 0) is 36.6 Å². The van der Waals surface area contributed by atoms with E-state index in [1.807, 2.05) is 30.7 Å². The van der Waals surface area contributed by atoms with Gasteiger partial charge in [-0.25, -0.2) is 9.78 Å². The molecule has 0 fully saturated rings. The van der Waals surface area contributed by atoms with Gasteiger partial charge in [0.15, 0.2) is 0 Å². The molecule has 3 rings (SSSR count). The van der Waals surface area contributed by atoms with Crippen LogP contribution >= 0.6 is 0 Å². The molecule has 1 aromatic carbocycles. The SMILES string of the molecule is CCc1[nH]c(C(=O)NC(c2cc(OC)cc(OC)c2)c2nccn2C)c(C)c1C(=O)OC. The summed E-state index contributed by atoms with van der Waals surface area (Å²) >= 11 is 0. The quantitative estimate of drug-likeness (QED) is 0.522. The average Bonchev–Trinajstić information content (AvgIpc) is 3.38. The number of nitrogens with zero attached hydrogens (tertiary/aromatic N) is 2. The summed E-state index contributed by atoms with van der Waals surface area (Å²) in [7, 11) is 6.30. The van der Waals surface area contributed by atoms with Crippen LogP contribution in [0, 0.1) is 6.92 Å². The predicted octanol–water partition coefficient (Wildman–Crippen LogP) is 2.94. The van der Waals surface area contributed by atoms with Crippen LogP contribution in [0.1, 0.15) is 56.5 Å². The molecule has 1 unspecified atom stereocenters. The lowest BCUT2D eigenvalue weighted by Gasteiger charge is -2.20.